The van der Waals surface area contributed by atoms with Gasteiger partial charge in [-0.05, 0) is 27.7 Å². The van der Waals surface area contributed by atoms with Crippen molar-refractivity contribution in [3.8, 4) is 0 Å². The molecule has 1 atom stereocenters. The lowest BCUT2D eigenvalue weighted by atomic mass is 10.9. The third-order valence-corrected chi connectivity index (χ3v) is 4.12. The molecule has 5 nitrogen and oxygen atoms in total. The summed E-state index contributed by atoms with van der Waals surface area (Å²) in [7, 11) is -3.37. The van der Waals surface area contributed by atoms with Crippen LogP contribution in [0.3, 0.4) is 0 Å². The van der Waals surface area contributed by atoms with Gasteiger partial charge in [-0.25, -0.2) is 0 Å². The first kappa shape index (κ1) is 14.6. The maximum absolute atomic E-state index is 12.1. The summed E-state index contributed by atoms with van der Waals surface area (Å²) >= 11 is 0. The van der Waals surface area contributed by atoms with E-state index in [2.05, 4.69) is 0 Å². The maximum atomic E-state index is 12.1. The second-order valence-electron chi connectivity index (χ2n) is 2.80. The highest BCUT2D eigenvalue weighted by molar-refractivity contribution is 7.55. The Morgan fingerprint density at radius 2 is 1.60 bits per heavy atom. The zero-order chi connectivity index (χ0) is 11.9. The molecule has 0 bridgehead atoms. The van der Waals surface area contributed by atoms with Crippen molar-refractivity contribution in [2.45, 2.75) is 33.4 Å². The predicted octanol–water partition coefficient (Wildman–Crippen LogP) is 2.20. The molecule has 0 N–H and O–H groups in total. The average Bonchev–Trinajstić information content (AvgIpc) is 2.17. The molecule has 0 radical (unpaired) electrons. The van der Waals surface area contributed by atoms with E-state index >= 15 is 0 Å². The minimum Gasteiger partial charge on any atom is -0.465 e. The first-order chi connectivity index (χ1) is 7.01. The van der Waals surface area contributed by atoms with Crippen LogP contribution in [-0.2, 0) is 23.1 Å². The molecule has 0 aromatic rings. The summed E-state index contributed by atoms with van der Waals surface area (Å²) in [6.07, 6.45) is 0. The van der Waals surface area contributed by atoms with Crippen LogP contribution in [0.15, 0.2) is 0 Å². The van der Waals surface area contributed by atoms with E-state index in [1.807, 2.05) is 0 Å². The Balaban J connectivity index is 4.60. The molecule has 0 heterocycles. The molecule has 0 fully saturated rings. The van der Waals surface area contributed by atoms with Gasteiger partial charge in [0.15, 0.2) is 5.66 Å². The molecule has 6 heteroatoms. The highest BCUT2D eigenvalue weighted by Crippen LogP contribution is 2.53. The van der Waals surface area contributed by atoms with E-state index in [9.17, 15) is 9.36 Å². The molecule has 90 valence electrons. The van der Waals surface area contributed by atoms with Crippen LogP contribution >= 0.6 is 7.60 Å². The average molecular weight is 240 g/mol. The van der Waals surface area contributed by atoms with Gasteiger partial charge >= 0.3 is 13.6 Å². The number of carbonyl (C=O) groups excluding carboxylic acids is 1. The molecule has 0 saturated heterocycles. The Morgan fingerprint density at radius 3 is 1.93 bits per heavy atom. The van der Waals surface area contributed by atoms with Crippen LogP contribution in [0.1, 0.15) is 27.7 Å². The first-order valence-electron chi connectivity index (χ1n) is 5.07. The Bertz CT molecular complexity index is 231. The van der Waals surface area contributed by atoms with Crippen LogP contribution < -0.4 is 0 Å². The zero-order valence-corrected chi connectivity index (χ0v) is 10.6. The van der Waals surface area contributed by atoms with Crippen molar-refractivity contribution < 1.29 is 23.1 Å². The molecule has 0 rings (SSSR count). The second-order valence-corrected chi connectivity index (χ2v) is 5.17. The molecule has 0 spiro atoms. The van der Waals surface area contributed by atoms with Crippen LogP contribution in [-0.4, -0.2) is 31.4 Å². The van der Waals surface area contributed by atoms with Gasteiger partial charge in [0, 0.05) is 0 Å². The van der Waals surface area contributed by atoms with Crippen LogP contribution in [0.25, 0.3) is 0 Å². The molecular formula is C9H19O5P. The van der Waals surface area contributed by atoms with E-state index in [-0.39, 0.29) is 19.8 Å². The molecule has 0 aliphatic carbocycles. The Morgan fingerprint density at radius 1 is 1.13 bits per heavy atom. The molecule has 1 unspecified atom stereocenters. The van der Waals surface area contributed by atoms with Crippen molar-refractivity contribution in [1.82, 2.24) is 0 Å². The monoisotopic (exact) mass is 240 g/mol. The van der Waals surface area contributed by atoms with E-state index in [1.165, 1.54) is 6.92 Å². The van der Waals surface area contributed by atoms with Gasteiger partial charge in [-0.15, -0.1) is 0 Å². The molecule has 0 saturated carbocycles. The van der Waals surface area contributed by atoms with Crippen LogP contribution in [0.4, 0.5) is 0 Å². The quantitative estimate of drug-likeness (QED) is 0.388. The minimum absolute atomic E-state index is 0.237. The van der Waals surface area contributed by atoms with Gasteiger partial charge in [0.2, 0.25) is 0 Å². The van der Waals surface area contributed by atoms with Crippen molar-refractivity contribution in [1.29, 1.82) is 0 Å². The number of carbonyl (C=O) groups is 1. The highest BCUT2D eigenvalue weighted by atomic mass is 31.2. The van der Waals surface area contributed by atoms with Gasteiger partial charge in [-0.2, -0.15) is 0 Å². The Kier molecular flexibility index (Phi) is 6.81. The van der Waals surface area contributed by atoms with E-state index in [4.69, 9.17) is 13.8 Å². The summed E-state index contributed by atoms with van der Waals surface area (Å²) in [5, 5.41) is 0. The van der Waals surface area contributed by atoms with Crippen LogP contribution in [0, 0.1) is 0 Å². The number of rotatable bonds is 7. The lowest BCUT2D eigenvalue weighted by Crippen LogP contribution is -2.22. The molecule has 0 aliphatic rings. The molecule has 0 amide bonds. The van der Waals surface area contributed by atoms with E-state index in [0.29, 0.717) is 0 Å². The summed E-state index contributed by atoms with van der Waals surface area (Å²) in [5.41, 5.74) is -0.877. The van der Waals surface area contributed by atoms with Gasteiger partial charge in [-0.3, -0.25) is 9.36 Å². The Hall–Kier alpha value is -0.380. The lowest BCUT2D eigenvalue weighted by molar-refractivity contribution is -0.142. The van der Waals surface area contributed by atoms with Crippen molar-refractivity contribution in [3.63, 3.8) is 0 Å². The summed E-state index contributed by atoms with van der Waals surface area (Å²) in [4.78, 5) is 11.4. The normalized spacial score (nSPS) is 13.6. The van der Waals surface area contributed by atoms with E-state index < -0.39 is 19.2 Å². The highest BCUT2D eigenvalue weighted by Gasteiger charge is 2.38. The fourth-order valence-electron chi connectivity index (χ4n) is 1.01. The first-order valence-corrected chi connectivity index (χ1v) is 6.68. The summed E-state index contributed by atoms with van der Waals surface area (Å²) in [6, 6.07) is 0. The van der Waals surface area contributed by atoms with E-state index in [1.54, 1.807) is 20.8 Å². The largest absolute Gasteiger partial charge is 0.465 e. The standard InChI is InChI=1S/C9H19O5P/c1-5-12-9(10)8(4)15(11,13-6-2)14-7-3/h8H,5-7H2,1-4H3/i8+1,9+1. The van der Waals surface area contributed by atoms with Gasteiger partial charge in [0.05, 0.1) is 19.8 Å². The van der Waals surface area contributed by atoms with Crippen LogP contribution in [0.5, 0.6) is 0 Å². The smallest absolute Gasteiger partial charge is 0.344 e. The lowest BCUT2D eigenvalue weighted by Gasteiger charge is -2.21. The third kappa shape index (κ3) is 4.33. The van der Waals surface area contributed by atoms with Crippen molar-refractivity contribution in [2.75, 3.05) is 19.8 Å². The molecular weight excluding hydrogens is 221 g/mol. The molecule has 15 heavy (non-hydrogen) atoms. The number of hydrogen-bond acceptors (Lipinski definition) is 5. The maximum Gasteiger partial charge on any atom is 0.344 e. The summed E-state index contributed by atoms with van der Waals surface area (Å²) in [5.74, 6) is -0.553. The van der Waals surface area contributed by atoms with E-state index in [0.717, 1.165) is 0 Å². The van der Waals surface area contributed by atoms with Crippen molar-refractivity contribution >= 4 is 13.6 Å². The van der Waals surface area contributed by atoms with Gasteiger partial charge in [0.25, 0.3) is 0 Å². The van der Waals surface area contributed by atoms with Crippen LogP contribution in [0.2, 0.25) is 0 Å². The number of esters is 1. The van der Waals surface area contributed by atoms with Crippen molar-refractivity contribution in [2.24, 2.45) is 0 Å². The molecule has 0 aromatic carbocycles. The topological polar surface area (TPSA) is 61.8 Å². The summed E-state index contributed by atoms with van der Waals surface area (Å²) < 4.78 is 26.9. The molecule has 0 aliphatic heterocycles. The number of hydrogen-bond donors (Lipinski definition) is 0. The Labute approximate surface area is 90.6 Å². The van der Waals surface area contributed by atoms with Gasteiger partial charge < -0.3 is 13.8 Å². The second kappa shape index (κ2) is 6.99. The minimum atomic E-state index is -3.37. The van der Waals surface area contributed by atoms with Gasteiger partial charge in [-0.1, -0.05) is 0 Å². The van der Waals surface area contributed by atoms with Crippen molar-refractivity contribution in [3.05, 3.63) is 0 Å². The van der Waals surface area contributed by atoms with Gasteiger partial charge in [0.1, 0.15) is 0 Å². The fourth-order valence-corrected chi connectivity index (χ4v) is 2.59. The molecule has 0 aromatic heterocycles. The predicted molar refractivity (Wildman–Crippen MR) is 57.0 cm³/mol. The zero-order valence-electron chi connectivity index (χ0n) is 9.69. The summed E-state index contributed by atoms with van der Waals surface area (Å²) in [6.45, 7) is 7.30. The number of ether oxygens (including phenoxy) is 1. The third-order valence-electron chi connectivity index (χ3n) is 1.72. The fraction of sp³-hybridized carbons (Fsp3) is 0.889. The SMILES string of the molecule is CCO[13C](=O)[13CH](C)P(=O)(OCC)OCC.